The molecule has 0 amide bonds. The van der Waals surface area contributed by atoms with Crippen molar-refractivity contribution in [2.75, 3.05) is 0 Å². The van der Waals surface area contributed by atoms with Crippen molar-refractivity contribution in [1.82, 2.24) is 15.0 Å². The van der Waals surface area contributed by atoms with Crippen LogP contribution in [0.3, 0.4) is 0 Å². The van der Waals surface area contributed by atoms with Crippen LogP contribution in [-0.2, 0) is 0 Å². The Balaban J connectivity index is 1.23. The number of rotatable bonds is 4. The van der Waals surface area contributed by atoms with Gasteiger partial charge in [-0.05, 0) is 67.6 Å². The number of nitrogens with zero attached hydrogens (tertiary/aromatic N) is 3. The molecule has 0 N–H and O–H groups in total. The van der Waals surface area contributed by atoms with Gasteiger partial charge in [0.05, 0.1) is 0 Å². The van der Waals surface area contributed by atoms with Gasteiger partial charge in [-0.3, -0.25) is 0 Å². The first-order valence-corrected chi connectivity index (χ1v) is 18.0. The third kappa shape index (κ3) is 4.27. The van der Waals surface area contributed by atoms with E-state index in [4.69, 9.17) is 15.0 Å². The molecule has 3 nitrogen and oxygen atoms in total. The molecule has 2 aromatic heterocycles. The fraction of sp³-hybridized carbons (Fsp3) is 0. The van der Waals surface area contributed by atoms with Crippen molar-refractivity contribution in [2.45, 2.75) is 0 Å². The normalized spacial score (nSPS) is 11.9. The van der Waals surface area contributed by atoms with E-state index in [1.54, 1.807) is 0 Å². The molecule has 10 aromatic rings. The fourth-order valence-corrected chi connectivity index (χ4v) is 9.32. The minimum atomic E-state index is 0.658. The number of hydrogen-bond acceptors (Lipinski definition) is 4. The van der Waals surface area contributed by atoms with E-state index in [0.717, 1.165) is 22.1 Å². The summed E-state index contributed by atoms with van der Waals surface area (Å²) in [6.07, 6.45) is 0. The highest BCUT2D eigenvalue weighted by Gasteiger charge is 2.28. The van der Waals surface area contributed by atoms with Crippen molar-refractivity contribution in [3.63, 3.8) is 0 Å². The molecule has 51 heavy (non-hydrogen) atoms. The number of thiophene rings is 1. The largest absolute Gasteiger partial charge is 0.208 e. The van der Waals surface area contributed by atoms with Crippen LogP contribution in [0.25, 0.3) is 109 Å². The van der Waals surface area contributed by atoms with E-state index in [1.165, 1.54) is 69.7 Å². The topological polar surface area (TPSA) is 38.7 Å². The lowest BCUT2D eigenvalue weighted by Crippen LogP contribution is -2.01. The maximum Gasteiger partial charge on any atom is 0.164 e. The second kappa shape index (κ2) is 11.0. The summed E-state index contributed by atoms with van der Waals surface area (Å²) in [5, 5.41) is 7.27. The van der Waals surface area contributed by atoms with Gasteiger partial charge in [0.2, 0.25) is 0 Å². The van der Waals surface area contributed by atoms with Gasteiger partial charge in [-0.15, -0.1) is 11.3 Å². The summed E-state index contributed by atoms with van der Waals surface area (Å²) in [6.45, 7) is 0. The van der Waals surface area contributed by atoms with Crippen molar-refractivity contribution in [3.8, 4) is 67.5 Å². The number of hydrogen-bond donors (Lipinski definition) is 0. The van der Waals surface area contributed by atoms with Gasteiger partial charge in [0.1, 0.15) is 0 Å². The number of benzene rings is 8. The fourth-order valence-electron chi connectivity index (χ4n) is 8.03. The van der Waals surface area contributed by atoms with Gasteiger partial charge in [0.25, 0.3) is 0 Å². The molecule has 2 heterocycles. The van der Waals surface area contributed by atoms with Gasteiger partial charge in [0, 0.05) is 42.4 Å². The number of aromatic nitrogens is 3. The Morgan fingerprint density at radius 2 is 0.941 bits per heavy atom. The average Bonchev–Trinajstić information content (AvgIpc) is 3.75. The smallest absolute Gasteiger partial charge is 0.164 e. The van der Waals surface area contributed by atoms with Crippen LogP contribution in [0.15, 0.2) is 164 Å². The molecule has 236 valence electrons. The molecule has 0 atom stereocenters. The molecule has 0 bridgehead atoms. The first-order valence-electron chi connectivity index (χ1n) is 17.2. The van der Waals surface area contributed by atoms with Gasteiger partial charge in [0.15, 0.2) is 17.5 Å². The third-order valence-corrected chi connectivity index (χ3v) is 11.5. The Morgan fingerprint density at radius 3 is 1.71 bits per heavy atom. The van der Waals surface area contributed by atoms with E-state index in [0.29, 0.717) is 17.5 Å². The lowest BCUT2D eigenvalue weighted by Gasteiger charge is -2.14. The minimum absolute atomic E-state index is 0.658. The standard InChI is InChI=1S/C47H27N3S/c1-3-13-28(14-4-1)31-25-26-35(33-20-8-7-19-32(31)33)46-48-45(30-15-5-2-6-16-30)49-47(50-46)39-27-38-34-22-11-17-29-18-12-23-37(41(29)34)43(38)44-42(39)36-21-9-10-24-40(36)51-44/h1-27H. The predicted molar refractivity (Wildman–Crippen MR) is 214 cm³/mol. The van der Waals surface area contributed by atoms with Crippen molar-refractivity contribution in [3.05, 3.63) is 164 Å². The van der Waals surface area contributed by atoms with Crippen LogP contribution in [0.4, 0.5) is 0 Å². The molecule has 11 rings (SSSR count). The van der Waals surface area contributed by atoms with Crippen LogP contribution in [0, 0.1) is 0 Å². The second-order valence-electron chi connectivity index (χ2n) is 13.1. The van der Waals surface area contributed by atoms with E-state index in [1.807, 2.05) is 29.5 Å². The first-order chi connectivity index (χ1) is 25.3. The summed E-state index contributed by atoms with van der Waals surface area (Å²) >= 11 is 1.86. The van der Waals surface area contributed by atoms with Crippen LogP contribution in [0.2, 0.25) is 0 Å². The van der Waals surface area contributed by atoms with Gasteiger partial charge in [-0.2, -0.15) is 0 Å². The second-order valence-corrected chi connectivity index (χ2v) is 14.2. The third-order valence-electron chi connectivity index (χ3n) is 10.3. The Bertz CT molecular complexity index is 3010. The van der Waals surface area contributed by atoms with Gasteiger partial charge < -0.3 is 0 Å². The number of fused-ring (bicyclic) bond motifs is 8. The molecule has 0 radical (unpaired) electrons. The quantitative estimate of drug-likeness (QED) is 0.188. The Morgan fingerprint density at radius 1 is 0.353 bits per heavy atom. The molecule has 0 saturated heterocycles. The molecule has 0 spiro atoms. The summed E-state index contributed by atoms with van der Waals surface area (Å²) in [7, 11) is 0. The van der Waals surface area contributed by atoms with E-state index >= 15 is 0 Å². The first kappa shape index (κ1) is 28.4. The zero-order valence-electron chi connectivity index (χ0n) is 27.3. The summed E-state index contributed by atoms with van der Waals surface area (Å²) in [4.78, 5) is 15.9. The van der Waals surface area contributed by atoms with Crippen molar-refractivity contribution < 1.29 is 0 Å². The van der Waals surface area contributed by atoms with Crippen LogP contribution in [0.5, 0.6) is 0 Å². The molecule has 8 aromatic carbocycles. The maximum atomic E-state index is 5.39. The molecule has 0 fully saturated rings. The summed E-state index contributed by atoms with van der Waals surface area (Å²) in [6, 6.07) is 58.2. The summed E-state index contributed by atoms with van der Waals surface area (Å²) < 4.78 is 2.53. The highest BCUT2D eigenvalue weighted by atomic mass is 32.1. The highest BCUT2D eigenvalue weighted by molar-refractivity contribution is 7.26. The van der Waals surface area contributed by atoms with E-state index in [9.17, 15) is 0 Å². The monoisotopic (exact) mass is 665 g/mol. The predicted octanol–water partition coefficient (Wildman–Crippen LogP) is 12.9. The van der Waals surface area contributed by atoms with Crippen LogP contribution < -0.4 is 0 Å². The molecular weight excluding hydrogens is 639 g/mol. The van der Waals surface area contributed by atoms with E-state index in [-0.39, 0.29) is 0 Å². The lowest BCUT2D eigenvalue weighted by molar-refractivity contribution is 1.08. The molecular formula is C47H27N3S. The van der Waals surface area contributed by atoms with Crippen molar-refractivity contribution in [2.24, 2.45) is 0 Å². The molecule has 0 saturated carbocycles. The van der Waals surface area contributed by atoms with Crippen LogP contribution in [-0.4, -0.2) is 15.0 Å². The van der Waals surface area contributed by atoms with E-state index < -0.39 is 0 Å². The lowest BCUT2D eigenvalue weighted by atomic mass is 9.94. The van der Waals surface area contributed by atoms with Gasteiger partial charge in [-0.1, -0.05) is 146 Å². The highest BCUT2D eigenvalue weighted by Crippen LogP contribution is 2.55. The van der Waals surface area contributed by atoms with Crippen LogP contribution >= 0.6 is 11.3 Å². The maximum absolute atomic E-state index is 5.39. The van der Waals surface area contributed by atoms with Crippen molar-refractivity contribution in [1.29, 1.82) is 0 Å². The molecule has 1 aliphatic carbocycles. The Hall–Kier alpha value is -6.49. The zero-order valence-corrected chi connectivity index (χ0v) is 28.2. The summed E-state index contributed by atoms with van der Waals surface area (Å²) in [5.74, 6) is 1.99. The average molecular weight is 666 g/mol. The molecule has 1 aliphatic rings. The van der Waals surface area contributed by atoms with Gasteiger partial charge in [-0.25, -0.2) is 15.0 Å². The van der Waals surface area contributed by atoms with E-state index in [2.05, 4.69) is 146 Å². The van der Waals surface area contributed by atoms with Crippen molar-refractivity contribution >= 4 is 53.1 Å². The minimum Gasteiger partial charge on any atom is -0.208 e. The Kier molecular flexibility index (Phi) is 6.12. The summed E-state index contributed by atoms with van der Waals surface area (Å²) in [5.41, 5.74) is 10.4. The zero-order chi connectivity index (χ0) is 33.5. The van der Waals surface area contributed by atoms with Crippen LogP contribution in [0.1, 0.15) is 0 Å². The Labute approximate surface area is 298 Å². The molecule has 4 heteroatoms. The van der Waals surface area contributed by atoms with Gasteiger partial charge >= 0.3 is 0 Å². The molecule has 0 aliphatic heterocycles. The molecule has 0 unspecified atom stereocenters. The SMILES string of the molecule is c1ccc(-c2nc(-c3ccc(-c4ccccc4)c4ccccc34)nc(-c3cc4c(c5sc6ccccc6c35)-c3cccc5cccc-4c35)n2)cc1.